The molecule has 0 saturated carbocycles. The maximum atomic E-state index is 14.8. The second-order valence-electron chi connectivity index (χ2n) is 11.2. The number of para-hydroxylation sites is 1. The number of hydrogen-bond donors (Lipinski definition) is 0. The Morgan fingerprint density at radius 3 is 2.44 bits per heavy atom. The first-order chi connectivity index (χ1) is 16.1. The summed E-state index contributed by atoms with van der Waals surface area (Å²) in [5.41, 5.74) is 1.48. The van der Waals surface area contributed by atoms with Gasteiger partial charge in [-0.15, -0.1) is 0 Å². The Hall–Kier alpha value is -2.47. The number of fused-ring (bicyclic) bond motifs is 2. The van der Waals surface area contributed by atoms with E-state index in [9.17, 15) is 13.6 Å². The van der Waals surface area contributed by atoms with Crippen LogP contribution in [-0.4, -0.2) is 53.5 Å². The molecule has 0 radical (unpaired) electrons. The molecule has 2 fully saturated rings. The van der Waals surface area contributed by atoms with Crippen molar-refractivity contribution in [3.63, 3.8) is 0 Å². The maximum Gasteiger partial charge on any atom is 0.227 e. The zero-order chi connectivity index (χ0) is 24.3. The fraction of sp³-hybridized carbons (Fsp3) is 0.536. The predicted octanol–water partition coefficient (Wildman–Crippen LogP) is 5.12. The van der Waals surface area contributed by atoms with E-state index in [1.54, 1.807) is 0 Å². The van der Waals surface area contributed by atoms with Gasteiger partial charge in [-0.25, -0.2) is 8.78 Å². The third-order valence-corrected chi connectivity index (χ3v) is 8.42. The summed E-state index contributed by atoms with van der Waals surface area (Å²) < 4.78 is 34.5. The van der Waals surface area contributed by atoms with Gasteiger partial charge in [0.25, 0.3) is 0 Å². The lowest BCUT2D eigenvalue weighted by Gasteiger charge is -2.42. The van der Waals surface area contributed by atoms with Gasteiger partial charge >= 0.3 is 0 Å². The monoisotopic (exact) mass is 468 g/mol. The molecule has 3 aliphatic heterocycles. The van der Waals surface area contributed by atoms with Crippen molar-refractivity contribution in [2.45, 2.75) is 63.5 Å². The minimum Gasteiger partial charge on any atom is -0.489 e. The van der Waals surface area contributed by atoms with Crippen LogP contribution in [0.4, 0.5) is 8.78 Å². The van der Waals surface area contributed by atoms with Gasteiger partial charge in [-0.1, -0.05) is 24.3 Å². The minimum atomic E-state index is -0.593. The number of rotatable bonds is 2. The van der Waals surface area contributed by atoms with E-state index in [4.69, 9.17) is 4.74 Å². The van der Waals surface area contributed by atoms with Crippen LogP contribution in [0.25, 0.3) is 0 Å². The lowest BCUT2D eigenvalue weighted by atomic mass is 9.70. The van der Waals surface area contributed by atoms with E-state index < -0.39 is 11.6 Å². The van der Waals surface area contributed by atoms with Crippen LogP contribution in [0.1, 0.15) is 57.6 Å². The second kappa shape index (κ2) is 8.33. The van der Waals surface area contributed by atoms with Crippen molar-refractivity contribution in [2.75, 3.05) is 26.2 Å². The van der Waals surface area contributed by atoms with Gasteiger partial charge in [0.15, 0.2) is 0 Å². The Bertz CT molecular complexity index is 1090. The summed E-state index contributed by atoms with van der Waals surface area (Å²) >= 11 is 0. The van der Waals surface area contributed by atoms with Gasteiger partial charge in [-0.3, -0.25) is 9.69 Å². The van der Waals surface area contributed by atoms with Gasteiger partial charge in [0.2, 0.25) is 5.91 Å². The van der Waals surface area contributed by atoms with Gasteiger partial charge in [0.1, 0.15) is 23.5 Å². The molecule has 3 heterocycles. The molecule has 0 aromatic heterocycles. The number of piperidine rings is 1. The quantitative estimate of drug-likeness (QED) is 0.613. The van der Waals surface area contributed by atoms with Crippen molar-refractivity contribution in [1.82, 2.24) is 9.80 Å². The van der Waals surface area contributed by atoms with Crippen molar-refractivity contribution in [3.05, 3.63) is 65.2 Å². The Kier molecular flexibility index (Phi) is 5.70. The number of benzene rings is 2. The Morgan fingerprint density at radius 2 is 1.76 bits per heavy atom. The van der Waals surface area contributed by atoms with Crippen LogP contribution < -0.4 is 4.74 Å². The highest BCUT2D eigenvalue weighted by Crippen LogP contribution is 2.49. The van der Waals surface area contributed by atoms with E-state index in [0.717, 1.165) is 24.7 Å². The van der Waals surface area contributed by atoms with E-state index in [0.29, 0.717) is 31.7 Å². The molecule has 2 aromatic carbocycles. The molecule has 2 saturated heterocycles. The summed E-state index contributed by atoms with van der Waals surface area (Å²) in [5.74, 6) is -0.766. The molecule has 0 bridgehead atoms. The molecule has 3 atom stereocenters. The number of amides is 1. The molecule has 6 heteroatoms. The van der Waals surface area contributed by atoms with Crippen molar-refractivity contribution < 1.29 is 18.3 Å². The van der Waals surface area contributed by atoms with E-state index in [1.165, 1.54) is 17.7 Å². The molecule has 34 heavy (non-hydrogen) atoms. The number of halogens is 2. The predicted molar refractivity (Wildman–Crippen MR) is 128 cm³/mol. The summed E-state index contributed by atoms with van der Waals surface area (Å²) in [7, 11) is 0. The fourth-order valence-electron chi connectivity index (χ4n) is 6.26. The third kappa shape index (κ3) is 3.80. The number of ether oxygens (including phenoxy) is 1. The average molecular weight is 469 g/mol. The summed E-state index contributed by atoms with van der Waals surface area (Å²) in [6.07, 6.45) is 1.77. The maximum absolute atomic E-state index is 14.8. The first kappa shape index (κ1) is 23.3. The van der Waals surface area contributed by atoms with Gasteiger partial charge in [0, 0.05) is 54.7 Å². The second-order valence-corrected chi connectivity index (χ2v) is 11.2. The first-order valence-corrected chi connectivity index (χ1v) is 12.3. The number of nitrogens with zero attached hydrogens (tertiary/aromatic N) is 2. The average Bonchev–Trinajstić information content (AvgIpc) is 3.35. The molecule has 0 aliphatic carbocycles. The lowest BCUT2D eigenvalue weighted by Crippen LogP contribution is -2.51. The summed E-state index contributed by atoms with van der Waals surface area (Å²) in [6.45, 7) is 10.9. The summed E-state index contributed by atoms with van der Waals surface area (Å²) in [5, 5.41) is 0. The molecule has 1 spiro atoms. The number of carbonyl (C=O) groups excluding carboxylic acids is 1. The van der Waals surface area contributed by atoms with Crippen LogP contribution in [0.5, 0.6) is 5.75 Å². The van der Waals surface area contributed by atoms with E-state index >= 15 is 0 Å². The fourth-order valence-corrected chi connectivity index (χ4v) is 6.26. The van der Waals surface area contributed by atoms with E-state index in [2.05, 4.69) is 44.7 Å². The smallest absolute Gasteiger partial charge is 0.227 e. The molecule has 182 valence electrons. The lowest BCUT2D eigenvalue weighted by molar-refractivity contribution is -0.137. The van der Waals surface area contributed by atoms with Crippen molar-refractivity contribution in [1.29, 1.82) is 0 Å². The number of likely N-dealkylation sites (tertiary alicyclic amines) is 2. The van der Waals surface area contributed by atoms with Crippen LogP contribution in [0, 0.1) is 17.6 Å². The third-order valence-electron chi connectivity index (χ3n) is 8.42. The highest BCUT2D eigenvalue weighted by Gasteiger charge is 2.50. The zero-order valence-electron chi connectivity index (χ0n) is 20.5. The van der Waals surface area contributed by atoms with Gasteiger partial charge in [-0.2, -0.15) is 0 Å². The SMILES string of the molecule is C[C@@H]1Oc2ccccc2C12CCN(C(=O)C1CN(C(C)(C)C)C[C@H]1c1ccc(F)cc1F)CC2. The summed E-state index contributed by atoms with van der Waals surface area (Å²) in [6, 6.07) is 12.0. The van der Waals surface area contributed by atoms with E-state index in [-0.39, 0.29) is 34.8 Å². The topological polar surface area (TPSA) is 32.8 Å². The molecule has 2 aromatic rings. The molecule has 1 unspecified atom stereocenters. The normalized spacial score (nSPS) is 26.5. The highest BCUT2D eigenvalue weighted by atomic mass is 19.1. The molecule has 1 amide bonds. The first-order valence-electron chi connectivity index (χ1n) is 12.3. The summed E-state index contributed by atoms with van der Waals surface area (Å²) in [4.78, 5) is 18.0. The van der Waals surface area contributed by atoms with Crippen LogP contribution >= 0.6 is 0 Å². The van der Waals surface area contributed by atoms with Crippen molar-refractivity contribution in [3.8, 4) is 5.75 Å². The number of carbonyl (C=O) groups is 1. The zero-order valence-corrected chi connectivity index (χ0v) is 20.5. The van der Waals surface area contributed by atoms with Gasteiger partial charge in [-0.05, 0) is 58.2 Å². The Labute approximate surface area is 200 Å². The van der Waals surface area contributed by atoms with E-state index in [1.807, 2.05) is 17.0 Å². The highest BCUT2D eigenvalue weighted by molar-refractivity contribution is 5.81. The van der Waals surface area contributed by atoms with Crippen LogP contribution in [0.2, 0.25) is 0 Å². The molecular formula is C28H34F2N2O2. The molecule has 4 nitrogen and oxygen atoms in total. The van der Waals surface area contributed by atoms with Gasteiger partial charge in [0.05, 0.1) is 5.92 Å². The molecule has 5 rings (SSSR count). The standard InChI is InChI=1S/C28H34F2N2O2/c1-18-28(23-7-5-6-8-25(23)34-18)11-13-31(14-12-28)26(33)22-17-32(27(2,3)4)16-21(22)20-10-9-19(29)15-24(20)30/h5-10,15,18,21-22H,11-14,16-17H2,1-4H3/t18-,21-,22?/m0/s1. The minimum absolute atomic E-state index is 0.0665. The van der Waals surface area contributed by atoms with Crippen LogP contribution in [0.3, 0.4) is 0 Å². The Morgan fingerprint density at radius 1 is 1.06 bits per heavy atom. The van der Waals surface area contributed by atoms with Crippen molar-refractivity contribution >= 4 is 5.91 Å². The molecule has 3 aliphatic rings. The molecular weight excluding hydrogens is 434 g/mol. The van der Waals surface area contributed by atoms with Crippen LogP contribution in [-0.2, 0) is 10.2 Å². The van der Waals surface area contributed by atoms with Crippen molar-refractivity contribution in [2.24, 2.45) is 5.92 Å². The van der Waals surface area contributed by atoms with Gasteiger partial charge < -0.3 is 9.64 Å². The number of hydrogen-bond acceptors (Lipinski definition) is 3. The van der Waals surface area contributed by atoms with Crippen LogP contribution in [0.15, 0.2) is 42.5 Å². The largest absolute Gasteiger partial charge is 0.489 e. The Balaban J connectivity index is 1.38. The molecule has 0 N–H and O–H groups in total.